The average Bonchev–Trinajstić information content (AvgIpc) is 2.56. The van der Waals surface area contributed by atoms with Gasteiger partial charge in [0.05, 0.1) is 0 Å². The largest absolute Gasteiger partial charge is 0.349 e. The first-order chi connectivity index (χ1) is 5.84. The third-order valence-corrected chi connectivity index (χ3v) is 1.26. The van der Waals surface area contributed by atoms with Gasteiger partial charge in [-0.25, -0.2) is 4.98 Å². The third-order valence-electron chi connectivity index (χ3n) is 1.26. The summed E-state index contributed by atoms with van der Waals surface area (Å²) >= 11 is 0. The number of hydrogen-bond donors (Lipinski definition) is 2. The quantitative estimate of drug-likeness (QED) is 0.492. The Balaban J connectivity index is 2.34. The smallest absolute Gasteiger partial charge is 0.288 e. The van der Waals surface area contributed by atoms with Crippen LogP contribution in [0.4, 0.5) is 0 Å². The number of aromatic nitrogens is 3. The van der Waals surface area contributed by atoms with Crippen molar-refractivity contribution in [3.8, 4) is 0 Å². The van der Waals surface area contributed by atoms with Crippen LogP contribution in [0.3, 0.4) is 0 Å². The molecule has 2 N–H and O–H groups in total. The van der Waals surface area contributed by atoms with Gasteiger partial charge in [-0.3, -0.25) is 9.89 Å². The van der Waals surface area contributed by atoms with E-state index in [0.29, 0.717) is 6.54 Å². The first-order valence-electron chi connectivity index (χ1n) is 3.59. The number of nitrogens with zero attached hydrogens (tertiary/aromatic N) is 2. The normalized spacial score (nSPS) is 9.33. The molecule has 0 aliphatic rings. The maximum absolute atomic E-state index is 11.1. The molecule has 64 valence electrons. The van der Waals surface area contributed by atoms with Crippen molar-refractivity contribution in [3.63, 3.8) is 0 Å². The van der Waals surface area contributed by atoms with Crippen LogP contribution in [-0.4, -0.2) is 27.6 Å². The first kappa shape index (κ1) is 8.45. The molecule has 0 aromatic carbocycles. The van der Waals surface area contributed by atoms with Crippen molar-refractivity contribution < 1.29 is 4.79 Å². The van der Waals surface area contributed by atoms with Crippen molar-refractivity contribution in [3.05, 3.63) is 24.8 Å². The second kappa shape index (κ2) is 4.27. The van der Waals surface area contributed by atoms with Crippen molar-refractivity contribution in [2.75, 3.05) is 6.54 Å². The van der Waals surface area contributed by atoms with Crippen LogP contribution in [0.2, 0.25) is 0 Å². The zero-order valence-corrected chi connectivity index (χ0v) is 6.58. The average molecular weight is 166 g/mol. The maximum Gasteiger partial charge on any atom is 0.288 e. The highest BCUT2D eigenvalue weighted by molar-refractivity contribution is 5.90. The summed E-state index contributed by atoms with van der Waals surface area (Å²) in [5.74, 6) is -0.00610. The van der Waals surface area contributed by atoms with Crippen molar-refractivity contribution in [1.82, 2.24) is 20.5 Å². The van der Waals surface area contributed by atoms with Gasteiger partial charge in [0.2, 0.25) is 5.82 Å². The summed E-state index contributed by atoms with van der Waals surface area (Å²) in [6, 6.07) is 0. The summed E-state index contributed by atoms with van der Waals surface area (Å²) in [7, 11) is 0. The van der Waals surface area contributed by atoms with Crippen LogP contribution < -0.4 is 5.32 Å². The maximum atomic E-state index is 11.1. The fourth-order valence-electron chi connectivity index (χ4n) is 0.686. The van der Waals surface area contributed by atoms with Crippen LogP contribution in [0.25, 0.3) is 0 Å². The van der Waals surface area contributed by atoms with E-state index in [0.717, 1.165) is 6.42 Å². The Labute approximate surface area is 69.9 Å². The van der Waals surface area contributed by atoms with E-state index in [4.69, 9.17) is 0 Å². The Morgan fingerprint density at radius 3 is 3.25 bits per heavy atom. The summed E-state index contributed by atoms with van der Waals surface area (Å²) in [5, 5.41) is 8.66. The van der Waals surface area contributed by atoms with E-state index in [1.165, 1.54) is 6.33 Å². The minimum Gasteiger partial charge on any atom is -0.349 e. The lowest BCUT2D eigenvalue weighted by atomic mass is 10.4. The van der Waals surface area contributed by atoms with E-state index in [2.05, 4.69) is 27.1 Å². The van der Waals surface area contributed by atoms with Gasteiger partial charge in [-0.05, 0) is 6.42 Å². The lowest BCUT2D eigenvalue weighted by Gasteiger charge is -1.98. The van der Waals surface area contributed by atoms with Gasteiger partial charge < -0.3 is 5.32 Å². The Hall–Kier alpha value is -1.65. The highest BCUT2D eigenvalue weighted by Gasteiger charge is 2.05. The number of rotatable bonds is 4. The molecule has 0 spiro atoms. The SMILES string of the molecule is C=CCCNC(=O)c1ncn[nH]1. The Morgan fingerprint density at radius 1 is 1.83 bits per heavy atom. The van der Waals surface area contributed by atoms with Gasteiger partial charge in [-0.1, -0.05) is 6.08 Å². The monoisotopic (exact) mass is 166 g/mol. The number of amides is 1. The molecule has 1 amide bonds. The Morgan fingerprint density at radius 2 is 2.67 bits per heavy atom. The number of nitrogens with one attached hydrogen (secondary N) is 2. The molecule has 1 aromatic heterocycles. The predicted molar refractivity (Wildman–Crippen MR) is 43.5 cm³/mol. The number of H-pyrrole nitrogens is 1. The van der Waals surface area contributed by atoms with Crippen molar-refractivity contribution in [1.29, 1.82) is 0 Å². The van der Waals surface area contributed by atoms with Crippen LogP contribution in [-0.2, 0) is 0 Å². The van der Waals surface area contributed by atoms with Crippen LogP contribution in [0, 0.1) is 0 Å². The lowest BCUT2D eigenvalue weighted by molar-refractivity contribution is 0.0944. The van der Waals surface area contributed by atoms with Gasteiger partial charge in [0.25, 0.3) is 5.91 Å². The van der Waals surface area contributed by atoms with Gasteiger partial charge in [0, 0.05) is 6.54 Å². The number of carbonyl (C=O) groups excluding carboxylic acids is 1. The molecule has 0 fully saturated rings. The molecule has 0 unspecified atom stereocenters. The van der Waals surface area contributed by atoms with Gasteiger partial charge >= 0.3 is 0 Å². The van der Waals surface area contributed by atoms with Gasteiger partial charge in [0.15, 0.2) is 0 Å². The van der Waals surface area contributed by atoms with Crippen molar-refractivity contribution in [2.45, 2.75) is 6.42 Å². The Bertz CT molecular complexity index is 254. The molecule has 0 bridgehead atoms. The van der Waals surface area contributed by atoms with E-state index in [1.54, 1.807) is 6.08 Å². The molecule has 5 nitrogen and oxygen atoms in total. The molecule has 0 aliphatic carbocycles. The molecule has 0 saturated carbocycles. The molecule has 1 heterocycles. The molecule has 5 heteroatoms. The summed E-state index contributed by atoms with van der Waals surface area (Å²) in [6.07, 6.45) is 3.78. The van der Waals surface area contributed by atoms with Crippen molar-refractivity contribution >= 4 is 5.91 Å². The summed E-state index contributed by atoms with van der Waals surface area (Å²) in [4.78, 5) is 14.8. The molecule has 12 heavy (non-hydrogen) atoms. The predicted octanol–water partition coefficient (Wildman–Crippen LogP) is 0.111. The first-order valence-corrected chi connectivity index (χ1v) is 3.59. The summed E-state index contributed by atoms with van der Waals surface area (Å²) in [6.45, 7) is 4.11. The molecule has 0 saturated heterocycles. The zero-order valence-electron chi connectivity index (χ0n) is 6.58. The van der Waals surface area contributed by atoms with Gasteiger partial charge in [-0.15, -0.1) is 6.58 Å². The van der Waals surface area contributed by atoms with Gasteiger partial charge in [-0.2, -0.15) is 5.10 Å². The summed E-state index contributed by atoms with van der Waals surface area (Å²) < 4.78 is 0. The van der Waals surface area contributed by atoms with Crippen molar-refractivity contribution in [2.24, 2.45) is 0 Å². The standard InChI is InChI=1S/C7H10N4O/c1-2-3-4-8-7(12)6-9-5-10-11-6/h2,5H,1,3-4H2,(H,8,12)(H,9,10,11). The number of carbonyl (C=O) groups is 1. The fourth-order valence-corrected chi connectivity index (χ4v) is 0.686. The number of aromatic amines is 1. The minimum atomic E-state index is -0.241. The molecule has 0 radical (unpaired) electrons. The zero-order chi connectivity index (χ0) is 8.81. The van der Waals surface area contributed by atoms with E-state index in [9.17, 15) is 4.79 Å². The molecular formula is C7H10N4O. The second-order valence-corrected chi connectivity index (χ2v) is 2.17. The molecule has 0 atom stereocenters. The highest BCUT2D eigenvalue weighted by atomic mass is 16.2. The molecule has 1 aromatic rings. The molecule has 1 rings (SSSR count). The van der Waals surface area contributed by atoms with Crippen LogP contribution in [0.15, 0.2) is 19.0 Å². The highest BCUT2D eigenvalue weighted by Crippen LogP contribution is 1.85. The summed E-state index contributed by atoms with van der Waals surface area (Å²) in [5.41, 5.74) is 0. The number of hydrogen-bond acceptors (Lipinski definition) is 3. The van der Waals surface area contributed by atoms with E-state index in [1.807, 2.05) is 0 Å². The van der Waals surface area contributed by atoms with Crippen LogP contribution in [0.1, 0.15) is 17.0 Å². The van der Waals surface area contributed by atoms with Crippen LogP contribution in [0.5, 0.6) is 0 Å². The second-order valence-electron chi connectivity index (χ2n) is 2.17. The molecule has 0 aliphatic heterocycles. The minimum absolute atomic E-state index is 0.235. The van der Waals surface area contributed by atoms with Crippen LogP contribution >= 0.6 is 0 Å². The topological polar surface area (TPSA) is 70.7 Å². The fraction of sp³-hybridized carbons (Fsp3) is 0.286. The van der Waals surface area contributed by atoms with E-state index < -0.39 is 0 Å². The lowest BCUT2D eigenvalue weighted by Crippen LogP contribution is -2.25. The van der Waals surface area contributed by atoms with E-state index in [-0.39, 0.29) is 11.7 Å². The molecular weight excluding hydrogens is 156 g/mol. The third kappa shape index (κ3) is 2.19. The van der Waals surface area contributed by atoms with E-state index >= 15 is 0 Å². The Kier molecular flexibility index (Phi) is 3.01. The van der Waals surface area contributed by atoms with Gasteiger partial charge in [0.1, 0.15) is 6.33 Å².